The number of aryl methyl sites for hydroxylation is 1. The Labute approximate surface area is 208 Å². The standard InChI is InChI=1S/C27H24FN5OS/c1-19-13-15-22(16-14-19)33-25(23-11-6-7-12-24(23)28)30-31-27(33)35-20(2)26(34)32(18-8-17-29)21-9-4-3-5-10-21/h3-7,9-16,20H,8,18H2,1-2H3. The quantitative estimate of drug-likeness (QED) is 0.295. The Kier molecular flexibility index (Phi) is 7.58. The minimum Gasteiger partial charge on any atom is -0.310 e. The first-order valence-corrected chi connectivity index (χ1v) is 12.0. The van der Waals surface area contributed by atoms with Gasteiger partial charge >= 0.3 is 0 Å². The Bertz CT molecular complexity index is 1350. The molecule has 1 amide bonds. The van der Waals surface area contributed by atoms with E-state index in [1.807, 2.05) is 61.5 Å². The summed E-state index contributed by atoms with van der Waals surface area (Å²) in [7, 11) is 0. The summed E-state index contributed by atoms with van der Waals surface area (Å²) in [4.78, 5) is 15.1. The first-order chi connectivity index (χ1) is 17.0. The molecule has 0 aliphatic carbocycles. The number of anilines is 1. The first-order valence-electron chi connectivity index (χ1n) is 11.2. The molecule has 35 heavy (non-hydrogen) atoms. The Morgan fingerprint density at radius 2 is 1.74 bits per heavy atom. The fourth-order valence-corrected chi connectivity index (χ4v) is 4.58. The van der Waals surface area contributed by atoms with Crippen molar-refractivity contribution in [3.05, 3.63) is 90.2 Å². The molecule has 4 rings (SSSR count). The molecule has 6 nitrogen and oxygen atoms in total. The number of hydrogen-bond acceptors (Lipinski definition) is 5. The van der Waals surface area contributed by atoms with E-state index in [2.05, 4.69) is 16.3 Å². The molecular formula is C27H24FN5OS. The molecule has 1 heterocycles. The van der Waals surface area contributed by atoms with Crippen molar-refractivity contribution in [3.63, 3.8) is 0 Å². The molecule has 0 saturated carbocycles. The third kappa shape index (κ3) is 5.42. The van der Waals surface area contributed by atoms with Gasteiger partial charge in [0.05, 0.1) is 23.3 Å². The number of halogens is 1. The number of nitrogens with zero attached hydrogens (tertiary/aromatic N) is 5. The van der Waals surface area contributed by atoms with Crippen molar-refractivity contribution in [1.82, 2.24) is 14.8 Å². The zero-order valence-electron chi connectivity index (χ0n) is 19.4. The Hall–Kier alpha value is -3.96. The molecule has 0 aliphatic heterocycles. The molecule has 8 heteroatoms. The van der Waals surface area contributed by atoms with Crippen LogP contribution in [0.25, 0.3) is 17.1 Å². The van der Waals surface area contributed by atoms with E-state index in [9.17, 15) is 9.18 Å². The number of carbonyl (C=O) groups excluding carboxylic acids is 1. The number of benzene rings is 3. The first kappa shape index (κ1) is 24.2. The second-order valence-corrected chi connectivity index (χ2v) is 9.26. The summed E-state index contributed by atoms with van der Waals surface area (Å²) >= 11 is 1.25. The van der Waals surface area contributed by atoms with Crippen molar-refractivity contribution in [1.29, 1.82) is 5.26 Å². The van der Waals surface area contributed by atoms with Gasteiger partial charge in [-0.3, -0.25) is 9.36 Å². The normalized spacial score (nSPS) is 11.6. The van der Waals surface area contributed by atoms with E-state index in [0.29, 0.717) is 16.5 Å². The van der Waals surface area contributed by atoms with Crippen LogP contribution in [-0.2, 0) is 4.79 Å². The van der Waals surface area contributed by atoms with Gasteiger partial charge in [-0.05, 0) is 50.2 Å². The van der Waals surface area contributed by atoms with Crippen molar-refractivity contribution in [2.45, 2.75) is 30.7 Å². The van der Waals surface area contributed by atoms with Crippen LogP contribution in [0.1, 0.15) is 18.9 Å². The van der Waals surface area contributed by atoms with Gasteiger partial charge < -0.3 is 4.90 Å². The van der Waals surface area contributed by atoms with Crippen LogP contribution in [0.4, 0.5) is 10.1 Å². The lowest BCUT2D eigenvalue weighted by Crippen LogP contribution is -2.37. The van der Waals surface area contributed by atoms with Crippen LogP contribution < -0.4 is 4.90 Å². The Balaban J connectivity index is 1.70. The Morgan fingerprint density at radius 1 is 1.06 bits per heavy atom. The summed E-state index contributed by atoms with van der Waals surface area (Å²) in [5.74, 6) is -0.193. The number of carbonyl (C=O) groups is 1. The third-order valence-corrected chi connectivity index (χ3v) is 6.48. The lowest BCUT2D eigenvalue weighted by molar-refractivity contribution is -0.117. The van der Waals surface area contributed by atoms with Gasteiger partial charge in [-0.2, -0.15) is 5.26 Å². The van der Waals surface area contributed by atoms with Crippen molar-refractivity contribution < 1.29 is 9.18 Å². The van der Waals surface area contributed by atoms with Gasteiger partial charge in [0.2, 0.25) is 5.91 Å². The maximum atomic E-state index is 14.7. The van der Waals surface area contributed by atoms with Gasteiger partial charge in [-0.1, -0.05) is 59.8 Å². The summed E-state index contributed by atoms with van der Waals surface area (Å²) in [6.45, 7) is 4.07. The van der Waals surface area contributed by atoms with Gasteiger partial charge in [0.15, 0.2) is 11.0 Å². The van der Waals surface area contributed by atoms with E-state index in [4.69, 9.17) is 5.26 Å². The van der Waals surface area contributed by atoms with Crippen molar-refractivity contribution >= 4 is 23.4 Å². The van der Waals surface area contributed by atoms with Gasteiger partial charge in [0.25, 0.3) is 0 Å². The average Bonchev–Trinajstić information content (AvgIpc) is 3.28. The Morgan fingerprint density at radius 3 is 2.43 bits per heavy atom. The highest BCUT2D eigenvalue weighted by atomic mass is 32.2. The summed E-state index contributed by atoms with van der Waals surface area (Å²) in [6.07, 6.45) is 0.217. The molecule has 1 aromatic heterocycles. The molecule has 0 fully saturated rings. The lowest BCUT2D eigenvalue weighted by Gasteiger charge is -2.25. The number of rotatable bonds is 8. The van der Waals surface area contributed by atoms with Gasteiger partial charge in [0, 0.05) is 17.9 Å². The fourth-order valence-electron chi connectivity index (χ4n) is 3.65. The number of para-hydroxylation sites is 1. The van der Waals surface area contributed by atoms with Crippen LogP contribution in [0, 0.1) is 24.1 Å². The molecule has 1 atom stereocenters. The van der Waals surface area contributed by atoms with Crippen LogP contribution in [0.15, 0.2) is 84.0 Å². The number of nitriles is 1. The topological polar surface area (TPSA) is 74.8 Å². The summed E-state index contributed by atoms with van der Waals surface area (Å²) in [5, 5.41) is 17.7. The predicted molar refractivity (Wildman–Crippen MR) is 136 cm³/mol. The van der Waals surface area contributed by atoms with E-state index in [0.717, 1.165) is 16.9 Å². The highest BCUT2D eigenvalue weighted by Crippen LogP contribution is 2.32. The molecule has 0 bridgehead atoms. The van der Waals surface area contributed by atoms with E-state index >= 15 is 0 Å². The highest BCUT2D eigenvalue weighted by molar-refractivity contribution is 8.00. The van der Waals surface area contributed by atoms with Crippen LogP contribution in [0.5, 0.6) is 0 Å². The van der Waals surface area contributed by atoms with Crippen molar-refractivity contribution in [2.24, 2.45) is 0 Å². The zero-order chi connectivity index (χ0) is 24.8. The fraction of sp³-hybridized carbons (Fsp3) is 0.185. The number of hydrogen-bond donors (Lipinski definition) is 0. The predicted octanol–water partition coefficient (Wildman–Crippen LogP) is 5.81. The average molecular weight is 486 g/mol. The van der Waals surface area contributed by atoms with Crippen LogP contribution in [0.3, 0.4) is 0 Å². The van der Waals surface area contributed by atoms with Gasteiger partial charge in [-0.15, -0.1) is 10.2 Å². The molecule has 3 aromatic carbocycles. The molecule has 0 aliphatic rings. The van der Waals surface area contributed by atoms with Crippen LogP contribution >= 0.6 is 11.8 Å². The third-order valence-electron chi connectivity index (χ3n) is 5.45. The van der Waals surface area contributed by atoms with E-state index in [1.165, 1.54) is 17.8 Å². The molecule has 1 unspecified atom stereocenters. The molecule has 0 N–H and O–H groups in total. The van der Waals surface area contributed by atoms with Crippen molar-refractivity contribution in [2.75, 3.05) is 11.4 Å². The second kappa shape index (κ2) is 11.0. The summed E-state index contributed by atoms with van der Waals surface area (Å²) < 4.78 is 16.4. The lowest BCUT2D eigenvalue weighted by atomic mass is 10.2. The van der Waals surface area contributed by atoms with Gasteiger partial charge in [-0.25, -0.2) is 4.39 Å². The van der Waals surface area contributed by atoms with Crippen LogP contribution in [-0.4, -0.2) is 32.5 Å². The maximum absolute atomic E-state index is 14.7. The van der Waals surface area contributed by atoms with E-state index < -0.39 is 11.1 Å². The largest absolute Gasteiger partial charge is 0.310 e. The highest BCUT2D eigenvalue weighted by Gasteiger charge is 2.26. The van der Waals surface area contributed by atoms with Crippen molar-refractivity contribution in [3.8, 4) is 23.1 Å². The molecule has 4 aromatic rings. The maximum Gasteiger partial charge on any atom is 0.240 e. The SMILES string of the molecule is Cc1ccc(-n2c(SC(C)C(=O)N(CCC#N)c3ccccc3)nnc2-c2ccccc2F)cc1. The minimum absolute atomic E-state index is 0.151. The molecule has 0 spiro atoms. The summed E-state index contributed by atoms with van der Waals surface area (Å²) in [5.41, 5.74) is 2.91. The molecule has 0 radical (unpaired) electrons. The number of amides is 1. The van der Waals surface area contributed by atoms with E-state index in [1.54, 1.807) is 34.6 Å². The van der Waals surface area contributed by atoms with Crippen LogP contribution in [0.2, 0.25) is 0 Å². The zero-order valence-corrected chi connectivity index (χ0v) is 20.2. The molecule has 0 saturated heterocycles. The minimum atomic E-state index is -0.532. The smallest absolute Gasteiger partial charge is 0.240 e. The number of thioether (sulfide) groups is 1. The molecular weight excluding hydrogens is 461 g/mol. The monoisotopic (exact) mass is 485 g/mol. The summed E-state index contributed by atoms with van der Waals surface area (Å²) in [6, 6.07) is 25.6. The van der Waals surface area contributed by atoms with Gasteiger partial charge in [0.1, 0.15) is 5.82 Å². The van der Waals surface area contributed by atoms with E-state index in [-0.39, 0.29) is 18.9 Å². The molecule has 176 valence electrons. The number of aromatic nitrogens is 3. The second-order valence-electron chi connectivity index (χ2n) is 7.95.